The zero-order valence-electron chi connectivity index (χ0n) is 10.3. The first-order chi connectivity index (χ1) is 7.23. The Bertz CT molecular complexity index is 288. The topological polar surface area (TPSA) is 67.4 Å². The highest BCUT2D eigenvalue weighted by molar-refractivity contribution is 5.97. The lowest BCUT2D eigenvalue weighted by Gasteiger charge is -2.24. The first-order valence-corrected chi connectivity index (χ1v) is 5.52. The molecule has 2 N–H and O–H groups in total. The molecule has 0 aromatic heterocycles. The van der Waals surface area contributed by atoms with Crippen molar-refractivity contribution in [3.05, 3.63) is 0 Å². The first kappa shape index (κ1) is 13.0. The minimum Gasteiger partial charge on any atom is -0.444 e. The van der Waals surface area contributed by atoms with Gasteiger partial charge in [-0.05, 0) is 47.1 Å². The lowest BCUT2D eigenvalue weighted by Crippen LogP contribution is -2.53. The Kier molecular flexibility index (Phi) is 3.57. The summed E-state index contributed by atoms with van der Waals surface area (Å²) in [6.07, 6.45) is 0.993. The number of amides is 2. The Balaban J connectivity index is 2.48. The van der Waals surface area contributed by atoms with Gasteiger partial charge in [0, 0.05) is 0 Å². The van der Waals surface area contributed by atoms with E-state index in [1.807, 2.05) is 0 Å². The molecule has 1 fully saturated rings. The molecular weight excluding hydrogens is 208 g/mol. The quantitative estimate of drug-likeness (QED) is 0.707. The second-order valence-electron chi connectivity index (χ2n) is 5.32. The fourth-order valence-electron chi connectivity index (χ4n) is 1.62. The molecule has 16 heavy (non-hydrogen) atoms. The summed E-state index contributed by atoms with van der Waals surface area (Å²) in [5.74, 6) is -0.320. The predicted molar refractivity (Wildman–Crippen MR) is 60.0 cm³/mol. The number of alkyl carbamates (subject to hydrolysis) is 1. The summed E-state index contributed by atoms with van der Waals surface area (Å²) in [7, 11) is 0. The van der Waals surface area contributed by atoms with Crippen LogP contribution in [0.1, 0.15) is 40.5 Å². The van der Waals surface area contributed by atoms with Gasteiger partial charge >= 0.3 is 6.09 Å². The standard InChI is InChI=1S/C11H20N2O3/c1-10(2,3)16-9(15)13-8(14)11(4)6-5-7-12-11/h12H,5-7H2,1-4H3,(H,13,14,15)/t11-/m0/s1. The largest absolute Gasteiger partial charge is 0.444 e. The Morgan fingerprint density at radius 3 is 2.44 bits per heavy atom. The summed E-state index contributed by atoms with van der Waals surface area (Å²) in [4.78, 5) is 23.2. The normalized spacial score (nSPS) is 25.2. The zero-order valence-corrected chi connectivity index (χ0v) is 10.3. The van der Waals surface area contributed by atoms with Gasteiger partial charge in [-0.3, -0.25) is 10.1 Å². The fourth-order valence-corrected chi connectivity index (χ4v) is 1.62. The molecule has 0 bridgehead atoms. The Morgan fingerprint density at radius 1 is 1.38 bits per heavy atom. The van der Waals surface area contributed by atoms with Crippen molar-refractivity contribution in [2.24, 2.45) is 0 Å². The lowest BCUT2D eigenvalue weighted by molar-refractivity contribution is -0.126. The van der Waals surface area contributed by atoms with Crippen LogP contribution in [0.4, 0.5) is 4.79 Å². The number of nitrogens with one attached hydrogen (secondary N) is 2. The number of imide groups is 1. The lowest BCUT2D eigenvalue weighted by atomic mass is 10.00. The highest BCUT2D eigenvalue weighted by atomic mass is 16.6. The summed E-state index contributed by atoms with van der Waals surface area (Å²) in [6.45, 7) is 7.86. The van der Waals surface area contributed by atoms with Gasteiger partial charge in [-0.15, -0.1) is 0 Å². The molecule has 0 radical (unpaired) electrons. The molecule has 1 rings (SSSR count). The van der Waals surface area contributed by atoms with Crippen LogP contribution in [0.5, 0.6) is 0 Å². The van der Waals surface area contributed by atoms with E-state index in [0.717, 1.165) is 19.4 Å². The second kappa shape index (κ2) is 4.41. The maximum absolute atomic E-state index is 11.8. The number of hydrogen-bond donors (Lipinski definition) is 2. The van der Waals surface area contributed by atoms with Crippen LogP contribution in [0.15, 0.2) is 0 Å². The van der Waals surface area contributed by atoms with Gasteiger partial charge < -0.3 is 10.1 Å². The average Bonchev–Trinajstić information content (AvgIpc) is 2.49. The molecule has 1 aliphatic rings. The van der Waals surface area contributed by atoms with E-state index in [1.165, 1.54) is 0 Å². The van der Waals surface area contributed by atoms with Crippen LogP contribution in [-0.4, -0.2) is 29.7 Å². The van der Waals surface area contributed by atoms with Crippen LogP contribution in [0.25, 0.3) is 0 Å². The molecule has 0 unspecified atom stereocenters. The molecule has 1 saturated heterocycles. The maximum Gasteiger partial charge on any atom is 0.414 e. The van der Waals surface area contributed by atoms with Crippen molar-refractivity contribution in [2.75, 3.05) is 6.54 Å². The highest BCUT2D eigenvalue weighted by Gasteiger charge is 2.37. The number of hydrogen-bond acceptors (Lipinski definition) is 4. The van der Waals surface area contributed by atoms with Gasteiger partial charge in [-0.1, -0.05) is 0 Å². The summed E-state index contributed by atoms with van der Waals surface area (Å²) in [5, 5.41) is 5.34. The molecule has 5 nitrogen and oxygen atoms in total. The fraction of sp³-hybridized carbons (Fsp3) is 0.818. The van der Waals surface area contributed by atoms with Gasteiger partial charge in [0.15, 0.2) is 0 Å². The molecular formula is C11H20N2O3. The molecule has 0 saturated carbocycles. The van der Waals surface area contributed by atoms with E-state index in [-0.39, 0.29) is 5.91 Å². The molecule has 0 aliphatic carbocycles. The average molecular weight is 228 g/mol. The van der Waals surface area contributed by atoms with E-state index >= 15 is 0 Å². The van der Waals surface area contributed by atoms with E-state index in [4.69, 9.17) is 4.74 Å². The SMILES string of the molecule is CC(C)(C)OC(=O)NC(=O)[C@]1(C)CCCN1. The van der Waals surface area contributed by atoms with Crippen LogP contribution in [0.3, 0.4) is 0 Å². The summed E-state index contributed by atoms with van der Waals surface area (Å²) in [5.41, 5.74) is -1.23. The van der Waals surface area contributed by atoms with Gasteiger partial charge in [0.25, 0.3) is 0 Å². The Hall–Kier alpha value is -1.10. The van der Waals surface area contributed by atoms with E-state index < -0.39 is 17.2 Å². The van der Waals surface area contributed by atoms with E-state index in [1.54, 1.807) is 27.7 Å². The Labute approximate surface area is 95.9 Å². The summed E-state index contributed by atoms with van der Waals surface area (Å²) in [6, 6.07) is 0. The van der Waals surface area contributed by atoms with Crippen LogP contribution < -0.4 is 10.6 Å². The highest BCUT2D eigenvalue weighted by Crippen LogP contribution is 2.18. The van der Waals surface area contributed by atoms with Crippen molar-refractivity contribution in [2.45, 2.75) is 51.7 Å². The molecule has 2 amide bonds. The van der Waals surface area contributed by atoms with Gasteiger partial charge in [-0.2, -0.15) is 0 Å². The van der Waals surface area contributed by atoms with Crippen molar-refractivity contribution in [1.29, 1.82) is 0 Å². The monoisotopic (exact) mass is 228 g/mol. The molecule has 1 atom stereocenters. The second-order valence-corrected chi connectivity index (χ2v) is 5.32. The molecule has 5 heteroatoms. The van der Waals surface area contributed by atoms with Gasteiger partial charge in [0.1, 0.15) is 5.60 Å². The van der Waals surface area contributed by atoms with Gasteiger partial charge in [-0.25, -0.2) is 4.79 Å². The van der Waals surface area contributed by atoms with Gasteiger partial charge in [0.2, 0.25) is 5.91 Å². The third-order valence-electron chi connectivity index (χ3n) is 2.48. The number of carbonyl (C=O) groups is 2. The molecule has 0 spiro atoms. The van der Waals surface area contributed by atoms with Gasteiger partial charge in [0.05, 0.1) is 5.54 Å². The maximum atomic E-state index is 11.8. The third-order valence-corrected chi connectivity index (χ3v) is 2.48. The van der Waals surface area contributed by atoms with Crippen LogP contribution in [-0.2, 0) is 9.53 Å². The molecule has 0 aromatic rings. The molecule has 1 heterocycles. The number of rotatable bonds is 1. The third kappa shape index (κ3) is 3.48. The first-order valence-electron chi connectivity index (χ1n) is 5.52. The summed E-state index contributed by atoms with van der Waals surface area (Å²) < 4.78 is 5.01. The minimum atomic E-state index is -0.688. The minimum absolute atomic E-state index is 0.320. The van der Waals surface area contributed by atoms with Crippen LogP contribution in [0.2, 0.25) is 0 Å². The van der Waals surface area contributed by atoms with E-state index in [0.29, 0.717) is 0 Å². The van der Waals surface area contributed by atoms with Crippen LogP contribution >= 0.6 is 0 Å². The van der Waals surface area contributed by atoms with E-state index in [9.17, 15) is 9.59 Å². The predicted octanol–water partition coefficient (Wildman–Crippen LogP) is 1.18. The van der Waals surface area contributed by atoms with Crippen molar-refractivity contribution >= 4 is 12.0 Å². The Morgan fingerprint density at radius 2 is 2.00 bits per heavy atom. The summed E-state index contributed by atoms with van der Waals surface area (Å²) >= 11 is 0. The smallest absolute Gasteiger partial charge is 0.414 e. The van der Waals surface area contributed by atoms with Crippen molar-refractivity contribution in [3.63, 3.8) is 0 Å². The molecule has 92 valence electrons. The van der Waals surface area contributed by atoms with Crippen molar-refractivity contribution in [1.82, 2.24) is 10.6 Å². The number of ether oxygens (including phenoxy) is 1. The molecule has 1 aliphatic heterocycles. The number of carbonyl (C=O) groups excluding carboxylic acids is 2. The molecule has 0 aromatic carbocycles. The van der Waals surface area contributed by atoms with Crippen LogP contribution in [0, 0.1) is 0 Å². The van der Waals surface area contributed by atoms with Crippen molar-refractivity contribution < 1.29 is 14.3 Å². The van der Waals surface area contributed by atoms with E-state index in [2.05, 4.69) is 10.6 Å². The van der Waals surface area contributed by atoms with Crippen molar-refractivity contribution in [3.8, 4) is 0 Å². The zero-order chi connectivity index (χ0) is 12.4.